The largest absolute Gasteiger partial charge is 0.427 e. The Labute approximate surface area is 174 Å². The van der Waals surface area contributed by atoms with E-state index < -0.39 is 17.9 Å². The van der Waals surface area contributed by atoms with E-state index in [9.17, 15) is 19.2 Å². The van der Waals surface area contributed by atoms with Gasteiger partial charge in [-0.25, -0.2) is 4.90 Å². The fourth-order valence-electron chi connectivity index (χ4n) is 3.38. The van der Waals surface area contributed by atoms with Crippen LogP contribution in [0.5, 0.6) is 5.75 Å². The molecule has 0 spiro atoms. The normalized spacial score (nSPS) is 15.9. The Morgan fingerprint density at radius 3 is 2.53 bits per heavy atom. The van der Waals surface area contributed by atoms with E-state index >= 15 is 0 Å². The fourth-order valence-corrected chi connectivity index (χ4v) is 3.38. The summed E-state index contributed by atoms with van der Waals surface area (Å²) in [6, 6.07) is 8.82. The number of esters is 1. The third kappa shape index (κ3) is 4.71. The Balaban J connectivity index is 1.84. The number of rotatable bonds is 7. The molecule has 3 amide bonds. The molecule has 8 heteroatoms. The van der Waals surface area contributed by atoms with Crippen molar-refractivity contribution >= 4 is 29.4 Å². The molecular formula is C22H23N3O5. The van der Waals surface area contributed by atoms with E-state index in [-0.39, 0.29) is 31.2 Å². The molecule has 1 fully saturated rings. The number of hydrogen-bond donors (Lipinski definition) is 0. The topological polar surface area (TPSA) is 96.9 Å². The Morgan fingerprint density at radius 1 is 1.20 bits per heavy atom. The zero-order valence-corrected chi connectivity index (χ0v) is 16.9. The first-order valence-electron chi connectivity index (χ1n) is 9.74. The van der Waals surface area contributed by atoms with Gasteiger partial charge in [-0.05, 0) is 42.3 Å². The SMILES string of the molecule is CCCC(=O)N(Cc1cccnc1)C1CC(=O)N(c2ccc(OC(C)=O)cc2)C1=O. The molecule has 1 saturated heterocycles. The second kappa shape index (κ2) is 9.30. The lowest BCUT2D eigenvalue weighted by Crippen LogP contribution is -2.45. The molecule has 0 radical (unpaired) electrons. The lowest BCUT2D eigenvalue weighted by Gasteiger charge is -2.27. The van der Waals surface area contributed by atoms with Gasteiger partial charge < -0.3 is 9.64 Å². The van der Waals surface area contributed by atoms with E-state index in [2.05, 4.69) is 4.98 Å². The van der Waals surface area contributed by atoms with Crippen LogP contribution in [0.3, 0.4) is 0 Å². The van der Waals surface area contributed by atoms with Crippen LogP contribution in [0.2, 0.25) is 0 Å². The quantitative estimate of drug-likeness (QED) is 0.396. The van der Waals surface area contributed by atoms with Gasteiger partial charge in [0.1, 0.15) is 11.8 Å². The molecule has 0 N–H and O–H groups in total. The summed E-state index contributed by atoms with van der Waals surface area (Å²) < 4.78 is 4.98. The van der Waals surface area contributed by atoms with Gasteiger partial charge in [-0.2, -0.15) is 0 Å². The number of ether oxygens (including phenoxy) is 1. The summed E-state index contributed by atoms with van der Waals surface area (Å²) in [5, 5.41) is 0. The van der Waals surface area contributed by atoms with Gasteiger partial charge in [-0.1, -0.05) is 13.0 Å². The number of imide groups is 1. The molecule has 1 aromatic carbocycles. The van der Waals surface area contributed by atoms with Gasteiger partial charge >= 0.3 is 5.97 Å². The molecule has 0 bridgehead atoms. The Morgan fingerprint density at radius 2 is 1.93 bits per heavy atom. The second-order valence-corrected chi connectivity index (χ2v) is 7.01. The fraction of sp³-hybridized carbons (Fsp3) is 0.318. The number of aromatic nitrogens is 1. The minimum Gasteiger partial charge on any atom is -0.427 e. The van der Waals surface area contributed by atoms with Crippen LogP contribution in [-0.2, 0) is 25.7 Å². The van der Waals surface area contributed by atoms with Crippen LogP contribution >= 0.6 is 0 Å². The van der Waals surface area contributed by atoms with E-state index in [1.165, 1.54) is 36.1 Å². The molecule has 8 nitrogen and oxygen atoms in total. The van der Waals surface area contributed by atoms with Crippen molar-refractivity contribution in [2.24, 2.45) is 0 Å². The number of benzene rings is 1. The highest BCUT2D eigenvalue weighted by Crippen LogP contribution is 2.28. The van der Waals surface area contributed by atoms with Gasteiger partial charge in [0, 0.05) is 32.3 Å². The summed E-state index contributed by atoms with van der Waals surface area (Å²) in [4.78, 5) is 56.2. The van der Waals surface area contributed by atoms with Crippen molar-refractivity contribution in [2.45, 2.75) is 45.7 Å². The molecule has 2 heterocycles. The van der Waals surface area contributed by atoms with Crippen LogP contribution in [0.1, 0.15) is 38.7 Å². The smallest absolute Gasteiger partial charge is 0.308 e. The van der Waals surface area contributed by atoms with Crippen LogP contribution in [0.15, 0.2) is 48.8 Å². The molecule has 1 unspecified atom stereocenters. The summed E-state index contributed by atoms with van der Waals surface area (Å²) >= 11 is 0. The standard InChI is InChI=1S/C22H23N3O5/c1-3-5-20(27)24(14-16-6-4-11-23-13-16)19-12-21(28)25(22(19)29)17-7-9-18(10-8-17)30-15(2)26/h4,6-11,13,19H,3,5,12,14H2,1-2H3. The molecule has 2 aromatic rings. The van der Waals surface area contributed by atoms with Gasteiger partial charge in [-0.15, -0.1) is 0 Å². The highest BCUT2D eigenvalue weighted by atomic mass is 16.5. The first-order chi connectivity index (χ1) is 14.4. The molecule has 0 saturated carbocycles. The predicted molar refractivity (Wildman–Crippen MR) is 108 cm³/mol. The Bertz CT molecular complexity index is 943. The molecule has 156 valence electrons. The number of anilines is 1. The van der Waals surface area contributed by atoms with E-state index in [0.717, 1.165) is 10.5 Å². The zero-order valence-electron chi connectivity index (χ0n) is 16.9. The maximum absolute atomic E-state index is 13.1. The molecule has 1 atom stereocenters. The van der Waals surface area contributed by atoms with Gasteiger partial charge in [0.15, 0.2) is 0 Å². The Kier molecular flexibility index (Phi) is 6.56. The van der Waals surface area contributed by atoms with Gasteiger partial charge in [0.2, 0.25) is 11.8 Å². The average Bonchev–Trinajstić information content (AvgIpc) is 3.01. The van der Waals surface area contributed by atoms with Crippen molar-refractivity contribution in [3.63, 3.8) is 0 Å². The molecule has 30 heavy (non-hydrogen) atoms. The third-order valence-corrected chi connectivity index (χ3v) is 4.72. The summed E-state index contributed by atoms with van der Waals surface area (Å²) in [5.41, 5.74) is 1.15. The van der Waals surface area contributed by atoms with E-state index in [1.54, 1.807) is 18.5 Å². The van der Waals surface area contributed by atoms with Crippen molar-refractivity contribution in [1.29, 1.82) is 0 Å². The first-order valence-corrected chi connectivity index (χ1v) is 9.74. The zero-order chi connectivity index (χ0) is 21.7. The van der Waals surface area contributed by atoms with E-state index in [4.69, 9.17) is 4.74 Å². The predicted octanol–water partition coefficient (Wildman–Crippen LogP) is 2.47. The minimum absolute atomic E-state index is 0.0831. The Hall–Kier alpha value is -3.55. The summed E-state index contributed by atoms with van der Waals surface area (Å²) in [6.45, 7) is 3.38. The lowest BCUT2D eigenvalue weighted by atomic mass is 10.1. The molecule has 3 rings (SSSR count). The second-order valence-electron chi connectivity index (χ2n) is 7.01. The number of hydrogen-bond acceptors (Lipinski definition) is 6. The van der Waals surface area contributed by atoms with E-state index in [0.29, 0.717) is 17.9 Å². The van der Waals surface area contributed by atoms with Crippen LogP contribution < -0.4 is 9.64 Å². The number of nitrogens with zero attached hydrogens (tertiary/aromatic N) is 3. The molecule has 0 aliphatic carbocycles. The van der Waals surface area contributed by atoms with Crippen molar-refractivity contribution in [1.82, 2.24) is 9.88 Å². The van der Waals surface area contributed by atoms with Crippen LogP contribution in [-0.4, -0.2) is 39.6 Å². The highest BCUT2D eigenvalue weighted by Gasteiger charge is 2.44. The summed E-state index contributed by atoms with van der Waals surface area (Å²) in [6.07, 6.45) is 4.11. The first kappa shape index (κ1) is 21.2. The third-order valence-electron chi connectivity index (χ3n) is 4.72. The van der Waals surface area contributed by atoms with Crippen molar-refractivity contribution in [3.05, 3.63) is 54.4 Å². The monoisotopic (exact) mass is 409 g/mol. The summed E-state index contributed by atoms with van der Waals surface area (Å²) in [5.74, 6) is -1.16. The average molecular weight is 409 g/mol. The van der Waals surface area contributed by atoms with Crippen LogP contribution in [0.25, 0.3) is 0 Å². The minimum atomic E-state index is -0.870. The number of carbonyl (C=O) groups excluding carboxylic acids is 4. The van der Waals surface area contributed by atoms with Crippen molar-refractivity contribution in [2.75, 3.05) is 4.90 Å². The molecular weight excluding hydrogens is 386 g/mol. The maximum atomic E-state index is 13.1. The van der Waals surface area contributed by atoms with Gasteiger partial charge in [0.25, 0.3) is 5.91 Å². The van der Waals surface area contributed by atoms with Gasteiger partial charge in [-0.3, -0.25) is 24.2 Å². The molecule has 1 aliphatic heterocycles. The van der Waals surface area contributed by atoms with Crippen LogP contribution in [0.4, 0.5) is 5.69 Å². The van der Waals surface area contributed by atoms with Crippen molar-refractivity contribution in [3.8, 4) is 5.75 Å². The number of pyridine rings is 1. The molecule has 1 aliphatic rings. The highest BCUT2D eigenvalue weighted by molar-refractivity contribution is 6.23. The van der Waals surface area contributed by atoms with Crippen molar-refractivity contribution < 1.29 is 23.9 Å². The summed E-state index contributed by atoms with van der Waals surface area (Å²) in [7, 11) is 0. The van der Waals surface area contributed by atoms with E-state index in [1.807, 2.05) is 13.0 Å². The lowest BCUT2D eigenvalue weighted by molar-refractivity contribution is -0.139. The molecule has 1 aromatic heterocycles. The number of carbonyl (C=O) groups is 4. The maximum Gasteiger partial charge on any atom is 0.308 e. The van der Waals surface area contributed by atoms with Gasteiger partial charge in [0.05, 0.1) is 12.1 Å². The number of amides is 3. The van der Waals surface area contributed by atoms with Crippen LogP contribution in [0, 0.1) is 0 Å².